The molecule has 1 aromatic carbocycles. The van der Waals surface area contributed by atoms with E-state index in [9.17, 15) is 9.90 Å². The Kier molecular flexibility index (Phi) is 4.78. The first kappa shape index (κ1) is 15.0. The summed E-state index contributed by atoms with van der Waals surface area (Å²) in [6.45, 7) is 7.96. The van der Waals surface area contributed by atoms with Crippen molar-refractivity contribution in [2.24, 2.45) is 5.92 Å². The maximum atomic E-state index is 12.1. The molecule has 0 aliphatic carbocycles. The van der Waals surface area contributed by atoms with Gasteiger partial charge in [0.05, 0.1) is 12.6 Å². The molecular weight excluding hydrogens is 252 g/mol. The number of carbonyl (C=O) groups is 1. The predicted molar refractivity (Wildman–Crippen MR) is 80.8 cm³/mol. The van der Waals surface area contributed by atoms with Crippen LogP contribution in [0, 0.1) is 19.8 Å². The molecule has 1 aliphatic heterocycles. The van der Waals surface area contributed by atoms with Crippen molar-refractivity contribution in [2.75, 3.05) is 25.0 Å². The largest absolute Gasteiger partial charge is 0.393 e. The minimum absolute atomic E-state index is 0.0150. The third-order valence-corrected chi connectivity index (χ3v) is 3.86. The van der Waals surface area contributed by atoms with Crippen LogP contribution in [0.2, 0.25) is 0 Å². The first-order valence-electron chi connectivity index (χ1n) is 7.22. The summed E-state index contributed by atoms with van der Waals surface area (Å²) in [5.41, 5.74) is 3.16. The molecule has 0 spiro atoms. The standard InChI is InChI=1S/C16H24N2O2/c1-11-6-12(2)8-15(7-11)17-16(20)10-18-5-4-14(9-18)13(3)19/h6-8,13-14,19H,4-5,9-10H2,1-3H3,(H,17,20). The third kappa shape index (κ3) is 4.05. The lowest BCUT2D eigenvalue weighted by Crippen LogP contribution is -2.32. The van der Waals surface area contributed by atoms with Gasteiger partial charge in [0.25, 0.3) is 0 Å². The molecule has 1 aromatic rings. The summed E-state index contributed by atoms with van der Waals surface area (Å²) in [6.07, 6.45) is 0.677. The molecule has 2 atom stereocenters. The third-order valence-electron chi connectivity index (χ3n) is 3.86. The number of hydrogen-bond donors (Lipinski definition) is 2. The Morgan fingerprint density at radius 1 is 1.40 bits per heavy atom. The average Bonchev–Trinajstić information content (AvgIpc) is 2.75. The smallest absolute Gasteiger partial charge is 0.238 e. The van der Waals surface area contributed by atoms with Gasteiger partial charge in [-0.2, -0.15) is 0 Å². The summed E-state index contributed by atoms with van der Waals surface area (Å²) < 4.78 is 0. The molecule has 1 aliphatic rings. The Morgan fingerprint density at radius 2 is 2.05 bits per heavy atom. The lowest BCUT2D eigenvalue weighted by Gasteiger charge is -2.17. The molecule has 4 heteroatoms. The van der Waals surface area contributed by atoms with Crippen LogP contribution in [0.25, 0.3) is 0 Å². The summed E-state index contributed by atoms with van der Waals surface area (Å²) in [5.74, 6) is 0.310. The van der Waals surface area contributed by atoms with Gasteiger partial charge in [-0.15, -0.1) is 0 Å². The van der Waals surface area contributed by atoms with Crippen molar-refractivity contribution < 1.29 is 9.90 Å². The number of aliphatic hydroxyl groups is 1. The zero-order valence-electron chi connectivity index (χ0n) is 12.5. The van der Waals surface area contributed by atoms with Gasteiger partial charge in [-0.25, -0.2) is 0 Å². The second kappa shape index (κ2) is 6.37. The molecular formula is C16H24N2O2. The molecule has 1 fully saturated rings. The maximum Gasteiger partial charge on any atom is 0.238 e. The highest BCUT2D eigenvalue weighted by Gasteiger charge is 2.26. The zero-order valence-corrected chi connectivity index (χ0v) is 12.5. The molecule has 1 saturated heterocycles. The lowest BCUT2D eigenvalue weighted by atomic mass is 10.0. The molecule has 0 radical (unpaired) electrons. The monoisotopic (exact) mass is 276 g/mol. The Morgan fingerprint density at radius 3 is 2.60 bits per heavy atom. The van der Waals surface area contributed by atoms with E-state index in [4.69, 9.17) is 0 Å². The fourth-order valence-electron chi connectivity index (χ4n) is 2.85. The molecule has 2 N–H and O–H groups in total. The number of amides is 1. The predicted octanol–water partition coefficient (Wildman–Crippen LogP) is 1.94. The number of rotatable bonds is 4. The van der Waals surface area contributed by atoms with E-state index in [0.717, 1.165) is 36.3 Å². The number of likely N-dealkylation sites (tertiary alicyclic amines) is 1. The van der Waals surface area contributed by atoms with Gasteiger partial charge in [0.15, 0.2) is 0 Å². The minimum atomic E-state index is -0.289. The number of aryl methyl sites for hydroxylation is 2. The molecule has 2 unspecified atom stereocenters. The molecule has 1 heterocycles. The minimum Gasteiger partial charge on any atom is -0.393 e. The van der Waals surface area contributed by atoms with Crippen molar-refractivity contribution in [1.29, 1.82) is 0 Å². The van der Waals surface area contributed by atoms with Crippen molar-refractivity contribution >= 4 is 11.6 Å². The summed E-state index contributed by atoms with van der Waals surface area (Å²) in [5, 5.41) is 12.5. The number of anilines is 1. The van der Waals surface area contributed by atoms with Gasteiger partial charge >= 0.3 is 0 Å². The second-order valence-corrected chi connectivity index (χ2v) is 5.95. The Labute approximate surface area is 120 Å². The summed E-state index contributed by atoms with van der Waals surface area (Å²) in [4.78, 5) is 14.2. The summed E-state index contributed by atoms with van der Waals surface area (Å²) in [7, 11) is 0. The number of nitrogens with zero attached hydrogens (tertiary/aromatic N) is 1. The normalized spacial score (nSPS) is 20.9. The van der Waals surface area contributed by atoms with Crippen molar-refractivity contribution in [3.05, 3.63) is 29.3 Å². The fourth-order valence-corrected chi connectivity index (χ4v) is 2.85. The topological polar surface area (TPSA) is 52.6 Å². The van der Waals surface area contributed by atoms with Gasteiger partial charge in [0.1, 0.15) is 0 Å². The zero-order chi connectivity index (χ0) is 14.7. The van der Waals surface area contributed by atoms with Crippen molar-refractivity contribution in [1.82, 2.24) is 4.90 Å². The first-order chi connectivity index (χ1) is 9.44. The first-order valence-corrected chi connectivity index (χ1v) is 7.22. The maximum absolute atomic E-state index is 12.1. The molecule has 4 nitrogen and oxygen atoms in total. The van der Waals surface area contributed by atoms with Crippen LogP contribution in [0.3, 0.4) is 0 Å². The van der Waals surface area contributed by atoms with Gasteiger partial charge in [0.2, 0.25) is 5.91 Å². The van der Waals surface area contributed by atoms with Crippen LogP contribution >= 0.6 is 0 Å². The van der Waals surface area contributed by atoms with Crippen LogP contribution in [0.5, 0.6) is 0 Å². The van der Waals surface area contributed by atoms with Crippen LogP contribution in [0.1, 0.15) is 24.5 Å². The van der Waals surface area contributed by atoms with Gasteiger partial charge in [-0.1, -0.05) is 6.07 Å². The SMILES string of the molecule is Cc1cc(C)cc(NC(=O)CN2CCC(C(C)O)C2)c1. The van der Waals surface area contributed by atoms with Crippen LogP contribution in [-0.2, 0) is 4.79 Å². The Bertz CT molecular complexity index is 465. The van der Waals surface area contributed by atoms with E-state index in [1.54, 1.807) is 0 Å². The highest BCUT2D eigenvalue weighted by molar-refractivity contribution is 5.92. The van der Waals surface area contributed by atoms with Crippen molar-refractivity contribution in [3.8, 4) is 0 Å². The highest BCUT2D eigenvalue weighted by atomic mass is 16.3. The van der Waals surface area contributed by atoms with E-state index < -0.39 is 0 Å². The van der Waals surface area contributed by atoms with Gasteiger partial charge in [-0.05, 0) is 62.9 Å². The van der Waals surface area contributed by atoms with Gasteiger partial charge in [0, 0.05) is 12.2 Å². The number of nitrogens with one attached hydrogen (secondary N) is 1. The highest BCUT2D eigenvalue weighted by Crippen LogP contribution is 2.19. The van der Waals surface area contributed by atoms with E-state index in [-0.39, 0.29) is 12.0 Å². The quantitative estimate of drug-likeness (QED) is 0.883. The van der Waals surface area contributed by atoms with Crippen LogP contribution in [-0.4, -0.2) is 41.7 Å². The van der Waals surface area contributed by atoms with E-state index in [2.05, 4.69) is 16.3 Å². The van der Waals surface area contributed by atoms with Crippen LogP contribution in [0.15, 0.2) is 18.2 Å². The summed E-state index contributed by atoms with van der Waals surface area (Å²) >= 11 is 0. The van der Waals surface area contributed by atoms with Gasteiger partial charge in [-0.3, -0.25) is 9.69 Å². The number of benzene rings is 1. The number of carbonyl (C=O) groups excluding carboxylic acids is 1. The molecule has 0 bridgehead atoms. The van der Waals surface area contributed by atoms with E-state index in [1.165, 1.54) is 0 Å². The summed E-state index contributed by atoms with van der Waals surface area (Å²) in [6, 6.07) is 6.05. The molecule has 0 aromatic heterocycles. The molecule has 2 rings (SSSR count). The molecule has 1 amide bonds. The van der Waals surface area contributed by atoms with Crippen molar-refractivity contribution in [2.45, 2.75) is 33.3 Å². The van der Waals surface area contributed by atoms with E-state index >= 15 is 0 Å². The number of aliphatic hydroxyl groups excluding tert-OH is 1. The molecule has 0 saturated carbocycles. The Hall–Kier alpha value is -1.39. The van der Waals surface area contributed by atoms with Crippen LogP contribution in [0.4, 0.5) is 5.69 Å². The Balaban J connectivity index is 1.87. The second-order valence-electron chi connectivity index (χ2n) is 5.95. The molecule has 20 heavy (non-hydrogen) atoms. The lowest BCUT2D eigenvalue weighted by molar-refractivity contribution is -0.117. The van der Waals surface area contributed by atoms with Crippen LogP contribution < -0.4 is 5.32 Å². The molecule has 110 valence electrons. The van der Waals surface area contributed by atoms with E-state index in [1.807, 2.05) is 32.9 Å². The fraction of sp³-hybridized carbons (Fsp3) is 0.562. The van der Waals surface area contributed by atoms with Gasteiger partial charge < -0.3 is 10.4 Å². The van der Waals surface area contributed by atoms with Crippen molar-refractivity contribution in [3.63, 3.8) is 0 Å². The average molecular weight is 276 g/mol. The number of hydrogen-bond acceptors (Lipinski definition) is 3. The van der Waals surface area contributed by atoms with E-state index in [0.29, 0.717) is 12.5 Å².